The third-order valence-electron chi connectivity index (χ3n) is 7.67. The average molecular weight is 763 g/mol. The quantitative estimate of drug-likeness (QED) is 0.0247. The van der Waals surface area contributed by atoms with Gasteiger partial charge in [-0.2, -0.15) is 0 Å². The summed E-state index contributed by atoms with van der Waals surface area (Å²) in [6.07, 6.45) is 2.29. The Kier molecular flexibility index (Phi) is 18.6. The van der Waals surface area contributed by atoms with Gasteiger partial charge in [0.15, 0.2) is 0 Å². The molecule has 0 saturated heterocycles. The molecule has 56 heavy (non-hydrogen) atoms. The average Bonchev–Trinajstić information content (AvgIpc) is 3.22. The van der Waals surface area contributed by atoms with E-state index in [9.17, 15) is 0 Å². The normalized spacial score (nSPS) is 10.1. The van der Waals surface area contributed by atoms with E-state index in [2.05, 4.69) is 40.1 Å². The van der Waals surface area contributed by atoms with Crippen molar-refractivity contribution >= 4 is 0 Å². The molecule has 0 aromatic heterocycles. The lowest BCUT2D eigenvalue weighted by Crippen LogP contribution is -2.04. The largest absolute Gasteiger partial charge is 0.493 e. The molecule has 290 valence electrons. The van der Waals surface area contributed by atoms with Crippen LogP contribution >= 0.6 is 0 Å². The van der Waals surface area contributed by atoms with Gasteiger partial charge in [0.1, 0.15) is 47.7 Å². The minimum atomic E-state index is 0.272. The first-order chi connectivity index (χ1) is 27.6. The van der Waals surface area contributed by atoms with Gasteiger partial charge >= 0.3 is 0 Å². The smallest absolute Gasteiger partial charge is 0.123 e. The zero-order valence-corrected chi connectivity index (χ0v) is 30.8. The lowest BCUT2D eigenvalue weighted by molar-refractivity contribution is 0.287. The van der Waals surface area contributed by atoms with Gasteiger partial charge in [-0.25, -0.2) is 0 Å². The van der Waals surface area contributed by atoms with Crippen molar-refractivity contribution in [3.05, 3.63) is 138 Å². The lowest BCUT2D eigenvalue weighted by atomic mass is 10.1. The summed E-state index contributed by atoms with van der Waals surface area (Å²) in [7, 11) is 0. The fraction of sp³-hybridized carbons (Fsp3) is 0.368. The van der Waals surface area contributed by atoms with Crippen LogP contribution in [0.5, 0.6) is 34.5 Å². The number of ether oxygens (including phenoxy) is 6. The van der Waals surface area contributed by atoms with E-state index in [1.807, 2.05) is 72.8 Å². The Bertz CT molecular complexity index is 1770. The van der Waals surface area contributed by atoms with E-state index in [-0.39, 0.29) is 13.2 Å². The molecule has 4 rings (SSSR count). The molecule has 0 aliphatic rings. The Balaban J connectivity index is 1.33. The molecule has 0 spiro atoms. The maximum absolute atomic E-state index is 8.49. The highest BCUT2D eigenvalue weighted by molar-refractivity contribution is 5.65. The second-order valence-corrected chi connectivity index (χ2v) is 11.9. The summed E-state index contributed by atoms with van der Waals surface area (Å²) in [6.45, 7) is 3.41. The van der Waals surface area contributed by atoms with Crippen LogP contribution in [0, 0.1) is 0 Å². The van der Waals surface area contributed by atoms with Crippen molar-refractivity contribution < 1.29 is 28.4 Å². The number of benzene rings is 4. The van der Waals surface area contributed by atoms with Gasteiger partial charge in [0.05, 0.1) is 26.4 Å². The maximum Gasteiger partial charge on any atom is 0.123 e. The van der Waals surface area contributed by atoms with E-state index in [0.717, 1.165) is 22.3 Å². The van der Waals surface area contributed by atoms with Crippen molar-refractivity contribution in [3.8, 4) is 45.6 Å². The standard InChI is InChI=1S/C38H42N12O6/c39-47-43-13-1-17-51-35-21-29(22-36(25-35)52-18-2-14-44-48-40)27-55-33-9-5-31(6-10-33)32-7-11-34(12-8-32)56-28-30-23-37(53-19-3-15-45-49-41)26-38(24-30)54-20-4-16-46-50-42/h5-12,21-26H,1-4,13-20,27-28H2. The van der Waals surface area contributed by atoms with E-state index in [0.29, 0.717) is 113 Å². The fourth-order valence-corrected chi connectivity index (χ4v) is 5.06. The molecule has 0 aliphatic heterocycles. The summed E-state index contributed by atoms with van der Waals surface area (Å²) < 4.78 is 35.7. The van der Waals surface area contributed by atoms with E-state index in [4.69, 9.17) is 50.5 Å². The highest BCUT2D eigenvalue weighted by Crippen LogP contribution is 2.29. The van der Waals surface area contributed by atoms with E-state index < -0.39 is 0 Å². The molecule has 18 nitrogen and oxygen atoms in total. The Morgan fingerprint density at radius 2 is 0.643 bits per heavy atom. The first-order valence-corrected chi connectivity index (χ1v) is 17.9. The Morgan fingerprint density at radius 3 is 0.911 bits per heavy atom. The second-order valence-electron chi connectivity index (χ2n) is 11.9. The molecule has 0 bridgehead atoms. The fourth-order valence-electron chi connectivity index (χ4n) is 5.06. The molecule has 0 saturated carbocycles. The minimum Gasteiger partial charge on any atom is -0.493 e. The molecule has 0 heterocycles. The van der Waals surface area contributed by atoms with E-state index in [1.54, 1.807) is 12.1 Å². The van der Waals surface area contributed by atoms with Crippen LogP contribution in [-0.4, -0.2) is 52.6 Å². The zero-order valence-electron chi connectivity index (χ0n) is 30.8. The Hall–Kier alpha value is -7.08. The summed E-state index contributed by atoms with van der Waals surface area (Å²) in [6, 6.07) is 26.7. The van der Waals surface area contributed by atoms with Crippen molar-refractivity contribution in [2.75, 3.05) is 52.6 Å². The summed E-state index contributed by atoms with van der Waals surface area (Å²) in [5.41, 5.74) is 37.7. The van der Waals surface area contributed by atoms with Crippen molar-refractivity contribution in [1.82, 2.24) is 0 Å². The minimum absolute atomic E-state index is 0.272. The molecule has 0 N–H and O–H groups in total. The summed E-state index contributed by atoms with van der Waals surface area (Å²) in [5.74, 6) is 3.79. The molecule has 0 aliphatic carbocycles. The van der Waals surface area contributed by atoms with Gasteiger partial charge in [0, 0.05) is 58.0 Å². The Labute approximate surface area is 323 Å². The molecule has 4 aromatic rings. The van der Waals surface area contributed by atoms with Crippen molar-refractivity contribution in [2.45, 2.75) is 38.9 Å². The van der Waals surface area contributed by atoms with E-state index in [1.165, 1.54) is 0 Å². The van der Waals surface area contributed by atoms with Gasteiger partial charge in [0.2, 0.25) is 0 Å². The monoisotopic (exact) mass is 762 g/mol. The number of azide groups is 4. The zero-order chi connectivity index (χ0) is 39.5. The SMILES string of the molecule is [N-]=[N+]=NCCCOc1cc(COc2ccc(-c3ccc(OCc4cc(OCCCN=[N+]=[N-])cc(OCCCN=[N+]=[N-])c4)cc3)cc2)cc(OCCCN=[N+]=[N-])c1. The van der Waals surface area contributed by atoms with Crippen LogP contribution in [-0.2, 0) is 13.2 Å². The van der Waals surface area contributed by atoms with Crippen LogP contribution in [0.2, 0.25) is 0 Å². The third-order valence-corrected chi connectivity index (χ3v) is 7.67. The molecular weight excluding hydrogens is 720 g/mol. The molecule has 4 aromatic carbocycles. The number of nitrogens with zero attached hydrogens (tertiary/aromatic N) is 12. The van der Waals surface area contributed by atoms with Gasteiger partial charge in [-0.15, -0.1) is 0 Å². The summed E-state index contributed by atoms with van der Waals surface area (Å²) in [5, 5.41) is 14.1. The molecule has 0 unspecified atom stereocenters. The van der Waals surface area contributed by atoms with Crippen LogP contribution in [0.25, 0.3) is 52.9 Å². The van der Waals surface area contributed by atoms with Crippen molar-refractivity contribution in [2.24, 2.45) is 20.5 Å². The molecule has 0 fully saturated rings. The van der Waals surface area contributed by atoms with Crippen molar-refractivity contribution in [1.29, 1.82) is 0 Å². The molecule has 0 amide bonds. The molecule has 0 atom stereocenters. The molecule has 0 radical (unpaired) electrons. The number of hydrogen-bond donors (Lipinski definition) is 0. The number of rotatable bonds is 27. The van der Waals surface area contributed by atoms with Gasteiger partial charge in [0.25, 0.3) is 0 Å². The first kappa shape index (κ1) is 41.7. The van der Waals surface area contributed by atoms with Crippen molar-refractivity contribution in [3.63, 3.8) is 0 Å². The highest BCUT2D eigenvalue weighted by Gasteiger charge is 2.08. The van der Waals surface area contributed by atoms with Crippen LogP contribution in [0.1, 0.15) is 36.8 Å². The predicted octanol–water partition coefficient (Wildman–Crippen LogP) is 10.8. The van der Waals surface area contributed by atoms with Crippen LogP contribution < -0.4 is 28.4 Å². The second kappa shape index (κ2) is 25.0. The lowest BCUT2D eigenvalue weighted by Gasteiger charge is -2.14. The predicted molar refractivity (Wildman–Crippen MR) is 210 cm³/mol. The summed E-state index contributed by atoms with van der Waals surface area (Å²) >= 11 is 0. The summed E-state index contributed by atoms with van der Waals surface area (Å²) in [4.78, 5) is 11.0. The van der Waals surface area contributed by atoms with Crippen LogP contribution in [0.4, 0.5) is 0 Å². The topological polar surface area (TPSA) is 250 Å². The third kappa shape index (κ3) is 15.9. The Morgan fingerprint density at radius 1 is 0.357 bits per heavy atom. The van der Waals surface area contributed by atoms with Gasteiger partial charge in [-0.1, -0.05) is 44.7 Å². The number of hydrogen-bond acceptors (Lipinski definition) is 10. The van der Waals surface area contributed by atoms with Gasteiger partial charge < -0.3 is 28.4 Å². The molecular formula is C38H42N12O6. The maximum atomic E-state index is 8.49. The first-order valence-electron chi connectivity index (χ1n) is 17.9. The van der Waals surface area contributed by atoms with E-state index >= 15 is 0 Å². The van der Waals surface area contributed by atoms with Crippen LogP contribution in [0.15, 0.2) is 105 Å². The molecule has 18 heteroatoms. The van der Waals surface area contributed by atoms with Gasteiger partial charge in [-0.3, -0.25) is 0 Å². The van der Waals surface area contributed by atoms with Crippen LogP contribution in [0.3, 0.4) is 0 Å². The van der Waals surface area contributed by atoms with Gasteiger partial charge in [-0.05, 0) is 119 Å². The highest BCUT2D eigenvalue weighted by atomic mass is 16.5.